The summed E-state index contributed by atoms with van der Waals surface area (Å²) in [6.07, 6.45) is 4.55. The van der Waals surface area contributed by atoms with Crippen LogP contribution in [0.1, 0.15) is 35.1 Å². The largest absolute Gasteiger partial charge is 0.299 e. The maximum atomic E-state index is 12.4. The summed E-state index contributed by atoms with van der Waals surface area (Å²) in [5.74, 6) is 0.662. The minimum Gasteiger partial charge on any atom is -0.299 e. The lowest BCUT2D eigenvalue weighted by Crippen LogP contribution is -2.23. The molecule has 2 aromatic rings. The van der Waals surface area contributed by atoms with Gasteiger partial charge in [-0.3, -0.25) is 4.79 Å². The Bertz CT molecular complexity index is 625. The number of fused-ring (bicyclic) bond motifs is 1. The Morgan fingerprint density at radius 3 is 2.52 bits per heavy atom. The van der Waals surface area contributed by atoms with Crippen molar-refractivity contribution in [3.63, 3.8) is 0 Å². The molecule has 108 valence electrons. The number of Topliss-reactive ketones (excluding diaryl/α,β-unsaturated/α-hetero) is 1. The first-order valence-corrected chi connectivity index (χ1v) is 7.87. The third-order valence-electron chi connectivity index (χ3n) is 4.58. The van der Waals surface area contributed by atoms with Crippen LogP contribution in [0.2, 0.25) is 0 Å². The van der Waals surface area contributed by atoms with Crippen LogP contribution in [-0.2, 0) is 24.1 Å². The summed E-state index contributed by atoms with van der Waals surface area (Å²) in [5, 5.41) is 0. The van der Waals surface area contributed by atoms with Crippen LogP contribution in [-0.4, -0.2) is 5.78 Å². The van der Waals surface area contributed by atoms with Crippen LogP contribution in [0.4, 0.5) is 0 Å². The zero-order valence-corrected chi connectivity index (χ0v) is 12.6. The molecule has 0 saturated carbocycles. The highest BCUT2D eigenvalue weighted by Gasteiger charge is 2.23. The molecule has 0 saturated heterocycles. The molecule has 0 aliphatic heterocycles. The molecule has 1 atom stereocenters. The molecule has 21 heavy (non-hydrogen) atoms. The summed E-state index contributed by atoms with van der Waals surface area (Å²) in [4.78, 5) is 12.4. The van der Waals surface area contributed by atoms with Gasteiger partial charge in [-0.25, -0.2) is 0 Å². The van der Waals surface area contributed by atoms with Crippen LogP contribution in [0.3, 0.4) is 0 Å². The minimum absolute atomic E-state index is 0.227. The Labute approximate surface area is 127 Å². The van der Waals surface area contributed by atoms with Crippen molar-refractivity contribution in [3.05, 3.63) is 70.8 Å². The van der Waals surface area contributed by atoms with Crippen LogP contribution in [0.15, 0.2) is 48.5 Å². The molecule has 3 rings (SSSR count). The minimum atomic E-state index is 0.227. The highest BCUT2D eigenvalue weighted by atomic mass is 16.1. The third kappa shape index (κ3) is 3.41. The Morgan fingerprint density at radius 2 is 1.76 bits per heavy atom. The highest BCUT2D eigenvalue weighted by molar-refractivity contribution is 5.81. The first-order chi connectivity index (χ1) is 10.2. The van der Waals surface area contributed by atoms with Crippen molar-refractivity contribution in [1.29, 1.82) is 0 Å². The van der Waals surface area contributed by atoms with Gasteiger partial charge in [-0.05, 0) is 49.3 Å². The van der Waals surface area contributed by atoms with E-state index in [1.807, 2.05) is 0 Å². The van der Waals surface area contributed by atoms with Gasteiger partial charge in [-0.1, -0.05) is 54.1 Å². The molecule has 0 bridgehead atoms. The number of carbonyl (C=O) groups is 1. The van der Waals surface area contributed by atoms with E-state index in [1.165, 1.54) is 22.3 Å². The van der Waals surface area contributed by atoms with E-state index in [4.69, 9.17) is 0 Å². The summed E-state index contributed by atoms with van der Waals surface area (Å²) in [5.41, 5.74) is 5.34. The molecule has 0 N–H and O–H groups in total. The van der Waals surface area contributed by atoms with Crippen molar-refractivity contribution in [1.82, 2.24) is 0 Å². The van der Waals surface area contributed by atoms with Crippen molar-refractivity contribution >= 4 is 5.78 Å². The summed E-state index contributed by atoms with van der Waals surface area (Å²) in [6, 6.07) is 17.1. The number of aryl methyl sites for hydroxylation is 3. The van der Waals surface area contributed by atoms with Gasteiger partial charge in [0.15, 0.2) is 0 Å². The van der Waals surface area contributed by atoms with Crippen molar-refractivity contribution in [2.75, 3.05) is 0 Å². The molecule has 0 spiro atoms. The second kappa shape index (κ2) is 6.26. The fraction of sp³-hybridized carbons (Fsp3) is 0.350. The van der Waals surface area contributed by atoms with Gasteiger partial charge < -0.3 is 0 Å². The average Bonchev–Trinajstić information content (AvgIpc) is 2.53. The molecular weight excluding hydrogens is 256 g/mol. The van der Waals surface area contributed by atoms with Crippen molar-refractivity contribution in [2.24, 2.45) is 5.92 Å². The van der Waals surface area contributed by atoms with Crippen molar-refractivity contribution in [3.8, 4) is 0 Å². The van der Waals surface area contributed by atoms with E-state index in [1.54, 1.807) is 0 Å². The molecule has 1 nitrogen and oxygen atoms in total. The zero-order chi connectivity index (χ0) is 14.7. The standard InChI is InChI=1S/C20H22O/c1-15-6-8-16(9-7-15)10-13-20(21)19-12-11-17-4-2-3-5-18(17)14-19/h2-9,19H,10-14H2,1H3. The lowest BCUT2D eigenvalue weighted by molar-refractivity contribution is -0.123. The summed E-state index contributed by atoms with van der Waals surface area (Å²) >= 11 is 0. The first kappa shape index (κ1) is 14.1. The molecule has 0 aromatic heterocycles. The molecular formula is C20H22O. The molecule has 2 aromatic carbocycles. The summed E-state index contributed by atoms with van der Waals surface area (Å²) in [6.45, 7) is 2.09. The molecule has 1 aliphatic carbocycles. The molecule has 0 fully saturated rings. The average molecular weight is 278 g/mol. The van der Waals surface area contributed by atoms with Gasteiger partial charge in [0, 0.05) is 12.3 Å². The molecule has 1 unspecified atom stereocenters. The van der Waals surface area contributed by atoms with Gasteiger partial charge in [0.25, 0.3) is 0 Å². The first-order valence-electron chi connectivity index (χ1n) is 7.87. The van der Waals surface area contributed by atoms with Gasteiger partial charge in [0.05, 0.1) is 0 Å². The van der Waals surface area contributed by atoms with E-state index < -0.39 is 0 Å². The van der Waals surface area contributed by atoms with Gasteiger partial charge in [0.2, 0.25) is 0 Å². The van der Waals surface area contributed by atoms with Gasteiger partial charge >= 0.3 is 0 Å². The Hall–Kier alpha value is -1.89. The van der Waals surface area contributed by atoms with Gasteiger partial charge in [0.1, 0.15) is 5.78 Å². The molecule has 0 heterocycles. The molecule has 0 radical (unpaired) electrons. The second-order valence-electron chi connectivity index (χ2n) is 6.16. The predicted octanol–water partition coefficient (Wildman–Crippen LogP) is 4.30. The fourth-order valence-corrected chi connectivity index (χ4v) is 3.20. The van der Waals surface area contributed by atoms with Gasteiger partial charge in [-0.15, -0.1) is 0 Å². The fourth-order valence-electron chi connectivity index (χ4n) is 3.20. The lowest BCUT2D eigenvalue weighted by Gasteiger charge is -2.23. The summed E-state index contributed by atoms with van der Waals surface area (Å²) < 4.78 is 0. The number of hydrogen-bond donors (Lipinski definition) is 0. The van der Waals surface area contributed by atoms with E-state index >= 15 is 0 Å². The van der Waals surface area contributed by atoms with Gasteiger partial charge in [-0.2, -0.15) is 0 Å². The van der Waals surface area contributed by atoms with E-state index in [0.717, 1.165) is 25.7 Å². The Kier molecular flexibility index (Phi) is 4.19. The SMILES string of the molecule is Cc1ccc(CCC(=O)C2CCc3ccccc3C2)cc1. The molecule has 1 aliphatic rings. The van der Waals surface area contributed by atoms with Crippen LogP contribution >= 0.6 is 0 Å². The van der Waals surface area contributed by atoms with Crippen LogP contribution in [0.25, 0.3) is 0 Å². The van der Waals surface area contributed by atoms with Crippen molar-refractivity contribution in [2.45, 2.75) is 39.0 Å². The second-order valence-corrected chi connectivity index (χ2v) is 6.16. The number of ketones is 1. The zero-order valence-electron chi connectivity index (χ0n) is 12.6. The molecule has 0 amide bonds. The Balaban J connectivity index is 1.58. The molecule has 1 heteroatoms. The number of rotatable bonds is 4. The van der Waals surface area contributed by atoms with Crippen molar-refractivity contribution < 1.29 is 4.79 Å². The third-order valence-corrected chi connectivity index (χ3v) is 4.58. The van der Waals surface area contributed by atoms with E-state index in [2.05, 4.69) is 55.5 Å². The smallest absolute Gasteiger partial charge is 0.136 e. The van der Waals surface area contributed by atoms with Crippen LogP contribution in [0.5, 0.6) is 0 Å². The normalized spacial score (nSPS) is 17.3. The quantitative estimate of drug-likeness (QED) is 0.815. The van der Waals surface area contributed by atoms with Crippen LogP contribution in [0, 0.1) is 12.8 Å². The van der Waals surface area contributed by atoms with E-state index in [0.29, 0.717) is 12.2 Å². The maximum Gasteiger partial charge on any atom is 0.136 e. The number of carbonyl (C=O) groups excluding carboxylic acids is 1. The predicted molar refractivity (Wildman–Crippen MR) is 86.5 cm³/mol. The maximum absolute atomic E-state index is 12.4. The van der Waals surface area contributed by atoms with E-state index in [9.17, 15) is 4.79 Å². The number of hydrogen-bond acceptors (Lipinski definition) is 1. The van der Waals surface area contributed by atoms with Crippen LogP contribution < -0.4 is 0 Å². The highest BCUT2D eigenvalue weighted by Crippen LogP contribution is 2.27. The summed E-state index contributed by atoms with van der Waals surface area (Å²) in [7, 11) is 0. The monoisotopic (exact) mass is 278 g/mol. The van der Waals surface area contributed by atoms with E-state index in [-0.39, 0.29) is 5.92 Å². The Morgan fingerprint density at radius 1 is 1.05 bits per heavy atom. The topological polar surface area (TPSA) is 17.1 Å². The number of benzene rings is 2. The lowest BCUT2D eigenvalue weighted by atomic mass is 9.80.